The number of likely N-dealkylation sites (tertiary alicyclic amines) is 2. The van der Waals surface area contributed by atoms with Gasteiger partial charge in [0.2, 0.25) is 11.8 Å². The number of aryl methyl sites for hydroxylation is 1. The van der Waals surface area contributed by atoms with E-state index in [0.29, 0.717) is 60.1 Å². The number of carbonyl (C=O) groups is 2. The number of amides is 2. The van der Waals surface area contributed by atoms with E-state index in [-0.39, 0.29) is 35.6 Å². The number of aliphatic hydroxyl groups excluding tert-OH is 1. The van der Waals surface area contributed by atoms with Crippen LogP contribution in [-0.2, 0) is 15.0 Å². The van der Waals surface area contributed by atoms with Gasteiger partial charge in [0.25, 0.3) is 0 Å². The first-order valence-corrected chi connectivity index (χ1v) is 20.8. The summed E-state index contributed by atoms with van der Waals surface area (Å²) in [5.74, 6) is 0.209. The number of fused-ring (bicyclic) bond motifs is 3. The normalized spacial score (nSPS) is 22.1. The highest BCUT2D eigenvalue weighted by atomic mass is 19.1. The van der Waals surface area contributed by atoms with Gasteiger partial charge in [0, 0.05) is 61.0 Å². The molecule has 298 valence electrons. The van der Waals surface area contributed by atoms with E-state index in [1.165, 1.54) is 25.3 Å². The van der Waals surface area contributed by atoms with Gasteiger partial charge in [-0.2, -0.15) is 0 Å². The van der Waals surface area contributed by atoms with Crippen molar-refractivity contribution in [3.05, 3.63) is 65.2 Å². The van der Waals surface area contributed by atoms with Crippen molar-refractivity contribution >= 4 is 40.0 Å². The summed E-state index contributed by atoms with van der Waals surface area (Å²) >= 11 is 0. The molecule has 3 aliphatic heterocycles. The van der Waals surface area contributed by atoms with Gasteiger partial charge in [0.05, 0.1) is 28.6 Å². The first kappa shape index (κ1) is 38.5. The van der Waals surface area contributed by atoms with E-state index in [2.05, 4.69) is 46.4 Å². The number of nitrogens with one attached hydrogen (secondary N) is 2. The predicted octanol–water partition coefficient (Wildman–Crippen LogP) is 7.49. The molecule has 3 N–H and O–H groups in total. The van der Waals surface area contributed by atoms with E-state index in [4.69, 9.17) is 9.97 Å². The molecule has 2 amide bonds. The maximum absolute atomic E-state index is 15.8. The van der Waals surface area contributed by atoms with Gasteiger partial charge in [-0.15, -0.1) is 0 Å². The van der Waals surface area contributed by atoms with Crippen LogP contribution >= 0.6 is 0 Å². The first-order chi connectivity index (χ1) is 26.9. The lowest BCUT2D eigenvalue weighted by molar-refractivity contribution is -0.134. The van der Waals surface area contributed by atoms with Crippen molar-refractivity contribution in [2.45, 2.75) is 129 Å². The van der Waals surface area contributed by atoms with E-state index in [1.54, 1.807) is 26.2 Å². The molecular formula is C44H57FN8O3. The minimum Gasteiger partial charge on any atom is -0.374 e. The Kier molecular flexibility index (Phi) is 10.4. The summed E-state index contributed by atoms with van der Waals surface area (Å²) in [7, 11) is 0. The van der Waals surface area contributed by atoms with Crippen LogP contribution < -0.4 is 15.5 Å². The van der Waals surface area contributed by atoms with Gasteiger partial charge in [0.15, 0.2) is 5.82 Å². The predicted molar refractivity (Wildman–Crippen MR) is 219 cm³/mol. The molecule has 0 radical (unpaired) electrons. The average Bonchev–Trinajstić information content (AvgIpc) is 3.70. The Balaban J connectivity index is 1.18. The van der Waals surface area contributed by atoms with Gasteiger partial charge < -0.3 is 29.7 Å². The lowest BCUT2D eigenvalue weighted by atomic mass is 9.73. The first-order valence-electron chi connectivity index (χ1n) is 20.8. The fourth-order valence-electron chi connectivity index (χ4n) is 9.52. The number of aliphatic hydroxyl groups is 1. The molecule has 2 aromatic carbocycles. The number of piperidine rings is 2. The van der Waals surface area contributed by atoms with E-state index >= 15 is 4.39 Å². The van der Waals surface area contributed by atoms with Crippen LogP contribution in [0.3, 0.4) is 0 Å². The zero-order chi connectivity index (χ0) is 39.5. The molecule has 0 bridgehead atoms. The van der Waals surface area contributed by atoms with Crippen molar-refractivity contribution in [2.75, 3.05) is 36.4 Å². The second-order valence-corrected chi connectivity index (χ2v) is 17.0. The second-order valence-electron chi connectivity index (χ2n) is 17.0. The molecule has 5 heterocycles. The fourth-order valence-corrected chi connectivity index (χ4v) is 9.52. The summed E-state index contributed by atoms with van der Waals surface area (Å²) < 4.78 is 17.8. The highest BCUT2D eigenvalue weighted by Crippen LogP contribution is 2.52. The van der Waals surface area contributed by atoms with Crippen LogP contribution in [0.15, 0.2) is 42.7 Å². The second kappa shape index (κ2) is 15.2. The number of halogens is 1. The van der Waals surface area contributed by atoms with Crippen molar-refractivity contribution in [3.8, 4) is 11.3 Å². The molecule has 11 nitrogen and oxygen atoms in total. The van der Waals surface area contributed by atoms with Gasteiger partial charge in [-0.05, 0) is 121 Å². The number of hydrogen-bond acceptors (Lipinski definition) is 8. The van der Waals surface area contributed by atoms with Crippen LogP contribution in [0, 0.1) is 12.7 Å². The number of pyridine rings is 1. The monoisotopic (exact) mass is 764 g/mol. The molecule has 1 spiro atoms. The Hall–Kier alpha value is -4.39. The molecule has 4 aromatic rings. The molecular weight excluding hydrogens is 708 g/mol. The van der Waals surface area contributed by atoms with Crippen LogP contribution in [0.2, 0.25) is 0 Å². The Morgan fingerprint density at radius 1 is 1.02 bits per heavy atom. The lowest BCUT2D eigenvalue weighted by Gasteiger charge is -2.48. The topological polar surface area (TPSA) is 119 Å². The van der Waals surface area contributed by atoms with Gasteiger partial charge in [-0.3, -0.25) is 14.9 Å². The van der Waals surface area contributed by atoms with Crippen LogP contribution in [-0.4, -0.2) is 85.6 Å². The van der Waals surface area contributed by atoms with Gasteiger partial charge in [-0.1, -0.05) is 25.5 Å². The van der Waals surface area contributed by atoms with E-state index < -0.39 is 17.5 Å². The van der Waals surface area contributed by atoms with Gasteiger partial charge >= 0.3 is 0 Å². The van der Waals surface area contributed by atoms with Crippen molar-refractivity contribution in [1.29, 1.82) is 0 Å². The minimum atomic E-state index is -0.965. The zero-order valence-electron chi connectivity index (χ0n) is 33.7. The summed E-state index contributed by atoms with van der Waals surface area (Å²) in [6, 6.07) is 12.1. The van der Waals surface area contributed by atoms with Gasteiger partial charge in [-0.25, -0.2) is 14.4 Å². The van der Waals surface area contributed by atoms with E-state index in [0.717, 1.165) is 54.7 Å². The summed E-state index contributed by atoms with van der Waals surface area (Å²) in [6.07, 6.45) is 8.57. The molecule has 2 saturated heterocycles. The third-order valence-electron chi connectivity index (χ3n) is 13.2. The van der Waals surface area contributed by atoms with Crippen LogP contribution in [0.5, 0.6) is 0 Å². The minimum absolute atomic E-state index is 0.0487. The number of hydrogen-bond donors (Lipinski definition) is 3. The van der Waals surface area contributed by atoms with Crippen LogP contribution in [0.4, 0.5) is 21.6 Å². The third-order valence-corrected chi connectivity index (χ3v) is 13.2. The molecule has 12 heteroatoms. The van der Waals surface area contributed by atoms with E-state index in [9.17, 15) is 14.7 Å². The molecule has 1 unspecified atom stereocenters. The average molecular weight is 765 g/mol. The number of imidazole rings is 1. The Morgan fingerprint density at radius 3 is 2.43 bits per heavy atom. The Bertz CT molecular complexity index is 2130. The number of anilines is 3. The van der Waals surface area contributed by atoms with Crippen molar-refractivity contribution < 1.29 is 19.1 Å². The smallest absolute Gasteiger partial charge is 0.238 e. The van der Waals surface area contributed by atoms with Gasteiger partial charge in [0.1, 0.15) is 17.6 Å². The number of nitrogens with zero attached hydrogens (tertiary/aromatic N) is 6. The zero-order valence-corrected chi connectivity index (χ0v) is 33.7. The standard InChI is InChI=1S/C44H57FN8O3/c1-7-28(5)47-42(55)33-23-37(35(45)19-27(33)4)49-41-40-38(46-25-52(40)26(2)3)24-36(48-41)30-11-12-34-39(20-30)53(32-21-31(22-32)51-15-9-8-10-16-51)43(56)44(34)13-17-50(18-14-44)29(6)54/h11-12,19-20,23-26,28,31-32,42,47,55H,7-10,13-18,21-22H2,1-6H3,(H,48,49)/t28-,31?,32?,42?/m0/s1. The maximum atomic E-state index is 15.8. The molecule has 1 aliphatic carbocycles. The largest absolute Gasteiger partial charge is 0.374 e. The Morgan fingerprint density at radius 2 is 1.75 bits per heavy atom. The summed E-state index contributed by atoms with van der Waals surface area (Å²) in [5.41, 5.74) is 5.71. The number of rotatable bonds is 10. The molecule has 2 aromatic heterocycles. The number of aromatic nitrogens is 3. The van der Waals surface area contributed by atoms with Crippen molar-refractivity contribution in [3.63, 3.8) is 0 Å². The highest BCUT2D eigenvalue weighted by Gasteiger charge is 2.55. The summed E-state index contributed by atoms with van der Waals surface area (Å²) in [5, 5.41) is 17.6. The molecule has 3 fully saturated rings. The molecule has 56 heavy (non-hydrogen) atoms. The third kappa shape index (κ3) is 6.77. The summed E-state index contributed by atoms with van der Waals surface area (Å²) in [6.45, 7) is 15.0. The molecule has 4 aliphatic rings. The fraction of sp³-hybridized carbons (Fsp3) is 0.545. The van der Waals surface area contributed by atoms with Crippen molar-refractivity contribution in [2.24, 2.45) is 0 Å². The Labute approximate surface area is 329 Å². The highest BCUT2D eigenvalue weighted by molar-refractivity contribution is 6.09. The van der Waals surface area contributed by atoms with E-state index in [1.807, 2.05) is 35.4 Å². The van der Waals surface area contributed by atoms with Crippen LogP contribution in [0.25, 0.3) is 22.3 Å². The quantitative estimate of drug-likeness (QED) is 0.142. The number of benzene rings is 2. The molecule has 8 rings (SSSR count). The number of carbonyl (C=O) groups excluding carboxylic acids is 2. The maximum Gasteiger partial charge on any atom is 0.238 e. The van der Waals surface area contributed by atoms with Crippen molar-refractivity contribution in [1.82, 2.24) is 29.7 Å². The van der Waals surface area contributed by atoms with Crippen LogP contribution in [0.1, 0.15) is 115 Å². The molecule has 2 atom stereocenters. The SMILES string of the molecule is CC[C@H](C)NC(O)c1cc(Nc2nc(-c3ccc4c(c3)N(C3CC(N5CCCCC5)C3)C(=O)C43CCN(C(C)=O)CC3)cc3ncn(C(C)C)c23)c(F)cc1C. The summed E-state index contributed by atoms with van der Waals surface area (Å²) in [4.78, 5) is 43.6. The molecule has 1 saturated carbocycles. The lowest BCUT2D eigenvalue weighted by Crippen LogP contribution is -2.58.